The Hall–Kier alpha value is -0.500. The van der Waals surface area contributed by atoms with Crippen LogP contribution in [0, 0.1) is 0 Å². The van der Waals surface area contributed by atoms with Crippen LogP contribution in [0.15, 0.2) is 24.3 Å². The second-order valence-electron chi connectivity index (χ2n) is 4.53. The minimum Gasteiger partial charge on any atom is -0.314 e. The predicted octanol–water partition coefficient (Wildman–Crippen LogP) is 4.54. The van der Waals surface area contributed by atoms with Gasteiger partial charge in [0.1, 0.15) is 0 Å². The number of benzene rings is 1. The van der Waals surface area contributed by atoms with E-state index in [4.69, 9.17) is 23.2 Å². The third kappa shape index (κ3) is 4.02. The van der Waals surface area contributed by atoms with Crippen LogP contribution in [0.3, 0.4) is 0 Å². The highest BCUT2D eigenvalue weighted by atomic mass is 35.5. The Bertz CT molecular complexity index is 422. The van der Waals surface area contributed by atoms with Gasteiger partial charge in [0.15, 0.2) is 0 Å². The molecule has 0 heterocycles. The number of hydrogen-bond donors (Lipinski definition) is 1. The van der Waals surface area contributed by atoms with Gasteiger partial charge in [0.25, 0.3) is 0 Å². The fourth-order valence-corrected chi connectivity index (χ4v) is 2.02. The van der Waals surface area contributed by atoms with E-state index in [9.17, 15) is 0 Å². The normalized spacial score (nSPS) is 16.3. The fourth-order valence-electron chi connectivity index (χ4n) is 1.72. The fraction of sp³-hybridized carbons (Fsp3) is 0.429. The van der Waals surface area contributed by atoms with E-state index < -0.39 is 0 Å². The van der Waals surface area contributed by atoms with Crippen molar-refractivity contribution in [3.8, 4) is 0 Å². The zero-order chi connectivity index (χ0) is 12.3. The van der Waals surface area contributed by atoms with Crippen LogP contribution in [0.4, 0.5) is 0 Å². The number of hydrogen-bond acceptors (Lipinski definition) is 1. The van der Waals surface area contributed by atoms with Crippen molar-refractivity contribution in [3.63, 3.8) is 0 Å². The standard InChI is InChI=1S/C14H17Cl2N/c1-10(3-2-8-17-12-5-6-12)11-4-7-13(15)14(16)9-11/h3-4,7,9,12,17H,2,5-6,8H2,1H3. The zero-order valence-electron chi connectivity index (χ0n) is 9.97. The highest BCUT2D eigenvalue weighted by Crippen LogP contribution is 2.26. The Morgan fingerprint density at radius 2 is 2.12 bits per heavy atom. The van der Waals surface area contributed by atoms with Crippen LogP contribution in [0.5, 0.6) is 0 Å². The molecule has 17 heavy (non-hydrogen) atoms. The molecule has 1 nitrogen and oxygen atoms in total. The maximum Gasteiger partial charge on any atom is 0.0598 e. The van der Waals surface area contributed by atoms with Gasteiger partial charge in [0.05, 0.1) is 10.0 Å². The summed E-state index contributed by atoms with van der Waals surface area (Å²) in [6.07, 6.45) is 5.99. The van der Waals surface area contributed by atoms with E-state index in [0.717, 1.165) is 24.6 Å². The minimum absolute atomic E-state index is 0.610. The highest BCUT2D eigenvalue weighted by molar-refractivity contribution is 6.42. The van der Waals surface area contributed by atoms with Gasteiger partial charge < -0.3 is 5.32 Å². The molecule has 1 aromatic carbocycles. The Labute approximate surface area is 113 Å². The second kappa shape index (κ2) is 5.90. The zero-order valence-corrected chi connectivity index (χ0v) is 11.5. The Balaban J connectivity index is 1.89. The summed E-state index contributed by atoms with van der Waals surface area (Å²) in [5.74, 6) is 0. The second-order valence-corrected chi connectivity index (χ2v) is 5.35. The molecule has 92 valence electrons. The molecule has 2 rings (SSSR count). The molecule has 0 radical (unpaired) electrons. The van der Waals surface area contributed by atoms with Crippen LogP contribution in [0.25, 0.3) is 5.57 Å². The van der Waals surface area contributed by atoms with E-state index in [2.05, 4.69) is 18.3 Å². The number of nitrogens with one attached hydrogen (secondary N) is 1. The molecule has 1 saturated carbocycles. The summed E-state index contributed by atoms with van der Waals surface area (Å²) in [6.45, 7) is 3.17. The van der Waals surface area contributed by atoms with Crippen molar-refractivity contribution < 1.29 is 0 Å². The lowest BCUT2D eigenvalue weighted by atomic mass is 10.1. The lowest BCUT2D eigenvalue weighted by Gasteiger charge is -2.04. The van der Waals surface area contributed by atoms with Crippen molar-refractivity contribution in [2.75, 3.05) is 6.54 Å². The predicted molar refractivity (Wildman–Crippen MR) is 75.8 cm³/mol. The molecule has 0 amide bonds. The summed E-state index contributed by atoms with van der Waals surface area (Å²) in [5, 5.41) is 4.72. The Morgan fingerprint density at radius 3 is 2.76 bits per heavy atom. The summed E-state index contributed by atoms with van der Waals surface area (Å²) in [4.78, 5) is 0. The van der Waals surface area contributed by atoms with E-state index in [1.54, 1.807) is 0 Å². The quantitative estimate of drug-likeness (QED) is 0.774. The van der Waals surface area contributed by atoms with Crippen LogP contribution in [0.1, 0.15) is 31.7 Å². The molecule has 0 atom stereocenters. The molecule has 1 aliphatic rings. The largest absolute Gasteiger partial charge is 0.314 e. The van der Waals surface area contributed by atoms with Crippen LogP contribution in [-0.2, 0) is 0 Å². The van der Waals surface area contributed by atoms with Gasteiger partial charge in [-0.1, -0.05) is 35.3 Å². The lowest BCUT2D eigenvalue weighted by Crippen LogP contribution is -2.16. The summed E-state index contributed by atoms with van der Waals surface area (Å²) >= 11 is 11.9. The average Bonchev–Trinajstić information content (AvgIpc) is 3.12. The van der Waals surface area contributed by atoms with Crippen LogP contribution >= 0.6 is 23.2 Å². The van der Waals surface area contributed by atoms with Crippen LogP contribution in [0.2, 0.25) is 10.0 Å². The molecule has 1 aromatic rings. The van der Waals surface area contributed by atoms with Crippen molar-refractivity contribution in [3.05, 3.63) is 39.9 Å². The van der Waals surface area contributed by atoms with Gasteiger partial charge in [-0.3, -0.25) is 0 Å². The van der Waals surface area contributed by atoms with Crippen molar-refractivity contribution in [2.24, 2.45) is 0 Å². The van der Waals surface area contributed by atoms with Crippen molar-refractivity contribution in [1.29, 1.82) is 0 Å². The molecule has 1 N–H and O–H groups in total. The molecular formula is C14H17Cl2N. The van der Waals surface area contributed by atoms with Gasteiger partial charge in [0, 0.05) is 6.04 Å². The van der Waals surface area contributed by atoms with Crippen molar-refractivity contribution in [2.45, 2.75) is 32.2 Å². The van der Waals surface area contributed by atoms with E-state index in [-0.39, 0.29) is 0 Å². The van der Waals surface area contributed by atoms with Crippen LogP contribution < -0.4 is 5.32 Å². The van der Waals surface area contributed by atoms with E-state index >= 15 is 0 Å². The first-order chi connectivity index (χ1) is 8.16. The summed E-state index contributed by atoms with van der Waals surface area (Å²) in [6, 6.07) is 6.56. The third-order valence-electron chi connectivity index (χ3n) is 2.98. The van der Waals surface area contributed by atoms with Crippen molar-refractivity contribution in [1.82, 2.24) is 5.32 Å². The first kappa shape index (κ1) is 12.9. The third-order valence-corrected chi connectivity index (χ3v) is 3.72. The molecule has 3 heteroatoms. The Morgan fingerprint density at radius 1 is 1.35 bits per heavy atom. The minimum atomic E-state index is 0.610. The molecule has 0 bridgehead atoms. The van der Waals surface area contributed by atoms with Crippen LogP contribution in [-0.4, -0.2) is 12.6 Å². The van der Waals surface area contributed by atoms with Crippen molar-refractivity contribution >= 4 is 28.8 Å². The number of halogens is 2. The monoisotopic (exact) mass is 269 g/mol. The SMILES string of the molecule is CC(=CCCNC1CC1)c1ccc(Cl)c(Cl)c1. The molecule has 0 spiro atoms. The maximum atomic E-state index is 6.00. The Kier molecular flexibility index (Phi) is 4.49. The summed E-state index contributed by atoms with van der Waals surface area (Å²) in [5.41, 5.74) is 2.40. The van der Waals surface area contributed by atoms with Gasteiger partial charge in [0.2, 0.25) is 0 Å². The van der Waals surface area contributed by atoms with E-state index in [1.807, 2.05) is 18.2 Å². The van der Waals surface area contributed by atoms with Gasteiger partial charge in [-0.15, -0.1) is 0 Å². The van der Waals surface area contributed by atoms with E-state index in [0.29, 0.717) is 10.0 Å². The first-order valence-corrected chi connectivity index (χ1v) is 6.78. The molecule has 1 fully saturated rings. The topological polar surface area (TPSA) is 12.0 Å². The average molecular weight is 270 g/mol. The lowest BCUT2D eigenvalue weighted by molar-refractivity contribution is 0.690. The molecule has 0 saturated heterocycles. The highest BCUT2D eigenvalue weighted by Gasteiger charge is 2.19. The number of allylic oxidation sites excluding steroid dienone is 1. The summed E-state index contributed by atoms with van der Waals surface area (Å²) in [7, 11) is 0. The van der Waals surface area contributed by atoms with Gasteiger partial charge in [-0.25, -0.2) is 0 Å². The molecule has 0 aliphatic heterocycles. The molecular weight excluding hydrogens is 253 g/mol. The smallest absolute Gasteiger partial charge is 0.0598 e. The molecule has 0 unspecified atom stereocenters. The van der Waals surface area contributed by atoms with Gasteiger partial charge in [-0.2, -0.15) is 0 Å². The van der Waals surface area contributed by atoms with E-state index in [1.165, 1.54) is 18.4 Å². The van der Waals surface area contributed by atoms with Gasteiger partial charge in [-0.05, 0) is 56.0 Å². The molecule has 1 aliphatic carbocycles. The maximum absolute atomic E-state index is 6.00. The first-order valence-electron chi connectivity index (χ1n) is 6.02. The summed E-state index contributed by atoms with van der Waals surface area (Å²) < 4.78 is 0. The van der Waals surface area contributed by atoms with Gasteiger partial charge >= 0.3 is 0 Å². The molecule has 0 aromatic heterocycles. The number of rotatable bonds is 5.